The van der Waals surface area contributed by atoms with E-state index in [1.807, 2.05) is 43.3 Å². The Balaban J connectivity index is 1.31. The van der Waals surface area contributed by atoms with Crippen LogP contribution in [0.1, 0.15) is 36.7 Å². The molecule has 4 unspecified atom stereocenters. The lowest BCUT2D eigenvalue weighted by Gasteiger charge is -2.37. The molecule has 9 heteroatoms. The summed E-state index contributed by atoms with van der Waals surface area (Å²) in [6.07, 6.45) is -1.73. The summed E-state index contributed by atoms with van der Waals surface area (Å²) in [4.78, 5) is 0. The molecule has 2 aromatic rings. The second-order valence-corrected chi connectivity index (χ2v) is 10.0. The van der Waals surface area contributed by atoms with Crippen molar-refractivity contribution in [1.29, 1.82) is 0 Å². The molecule has 3 aliphatic rings. The Hall–Kier alpha value is -2.56. The molecular formula is C28H37O9+. The van der Waals surface area contributed by atoms with Crippen LogP contribution in [-0.2, 0) is 14.2 Å². The number of rotatable bonds is 8. The lowest BCUT2D eigenvalue weighted by atomic mass is 9.84. The third-order valence-electron chi connectivity index (χ3n) is 7.85. The van der Waals surface area contributed by atoms with Crippen molar-refractivity contribution in [3.63, 3.8) is 0 Å². The van der Waals surface area contributed by atoms with Crippen molar-refractivity contribution < 1.29 is 43.4 Å². The third-order valence-corrected chi connectivity index (χ3v) is 7.85. The van der Waals surface area contributed by atoms with Crippen LogP contribution in [-0.4, -0.2) is 74.6 Å². The van der Waals surface area contributed by atoms with Crippen molar-refractivity contribution in [2.45, 2.75) is 44.1 Å². The number of methoxy groups -OCH3 is 2. The maximum absolute atomic E-state index is 10.4. The first-order valence-electron chi connectivity index (χ1n) is 12.8. The summed E-state index contributed by atoms with van der Waals surface area (Å²) in [6, 6.07) is 11.6. The zero-order chi connectivity index (χ0) is 26.1. The Morgan fingerprint density at radius 3 is 2.41 bits per heavy atom. The van der Waals surface area contributed by atoms with Crippen LogP contribution in [0.2, 0.25) is 0 Å². The minimum atomic E-state index is -0.846. The number of aliphatic hydroxyl groups excluding tert-OH is 2. The van der Waals surface area contributed by atoms with Crippen LogP contribution in [0.3, 0.4) is 0 Å². The summed E-state index contributed by atoms with van der Waals surface area (Å²) in [5.41, 5.74) is 2.02. The maximum atomic E-state index is 10.4. The highest BCUT2D eigenvalue weighted by molar-refractivity contribution is 5.45. The van der Waals surface area contributed by atoms with Crippen molar-refractivity contribution >= 4 is 0 Å². The number of aliphatic hydroxyl groups is 3. The van der Waals surface area contributed by atoms with Crippen molar-refractivity contribution in [2.75, 3.05) is 41.2 Å². The van der Waals surface area contributed by atoms with Crippen molar-refractivity contribution in [2.24, 2.45) is 17.8 Å². The molecule has 3 fully saturated rings. The fourth-order valence-corrected chi connectivity index (χ4v) is 5.78. The molecule has 8 atom stereocenters. The average molecular weight is 518 g/mol. The molecule has 2 aromatic carbocycles. The Bertz CT molecular complexity index is 1080. The fraction of sp³-hybridized carbons (Fsp3) is 0.571. The van der Waals surface area contributed by atoms with Crippen LogP contribution < -0.4 is 14.2 Å². The van der Waals surface area contributed by atoms with Gasteiger partial charge in [-0.05, 0) is 42.2 Å². The van der Waals surface area contributed by atoms with E-state index in [4.69, 9.17) is 28.4 Å². The smallest absolute Gasteiger partial charge is 0.264 e. The molecule has 9 nitrogen and oxygen atoms in total. The lowest BCUT2D eigenvalue weighted by molar-refractivity contribution is -0.225. The van der Waals surface area contributed by atoms with E-state index in [9.17, 15) is 10.2 Å². The minimum Gasteiger partial charge on any atom is -0.584 e. The second-order valence-electron chi connectivity index (χ2n) is 10.0. The zero-order valence-corrected chi connectivity index (χ0v) is 21.7. The van der Waals surface area contributed by atoms with Gasteiger partial charge in [-0.15, -0.1) is 0 Å². The molecule has 3 N–H and O–H groups in total. The van der Waals surface area contributed by atoms with Gasteiger partial charge in [0, 0.05) is 11.8 Å². The molecule has 0 bridgehead atoms. The Morgan fingerprint density at radius 2 is 1.70 bits per heavy atom. The molecule has 202 valence electrons. The van der Waals surface area contributed by atoms with E-state index in [-0.39, 0.29) is 42.7 Å². The highest BCUT2D eigenvalue weighted by atomic mass is 16.7. The molecule has 0 aromatic heterocycles. The van der Waals surface area contributed by atoms with Crippen LogP contribution in [0.15, 0.2) is 36.4 Å². The van der Waals surface area contributed by atoms with E-state index < -0.39 is 12.4 Å². The molecule has 0 aliphatic carbocycles. The normalized spacial score (nSPS) is 33.1. The van der Waals surface area contributed by atoms with Crippen LogP contribution in [0.5, 0.6) is 23.0 Å². The molecular weight excluding hydrogens is 480 g/mol. The van der Waals surface area contributed by atoms with Crippen LogP contribution in [0.4, 0.5) is 0 Å². The Kier molecular flexibility index (Phi) is 7.78. The topological polar surface area (TPSA) is 109 Å². The molecule has 37 heavy (non-hydrogen) atoms. The first-order valence-corrected chi connectivity index (χ1v) is 12.8. The quantitative estimate of drug-likeness (QED) is 0.514. The monoisotopic (exact) mass is 517 g/mol. The summed E-state index contributed by atoms with van der Waals surface area (Å²) in [6.45, 7) is 2.99. The Labute approximate surface area is 217 Å². The summed E-state index contributed by atoms with van der Waals surface area (Å²) < 4.78 is 39.7. The van der Waals surface area contributed by atoms with Gasteiger partial charge in [-0.25, -0.2) is 0 Å². The summed E-state index contributed by atoms with van der Waals surface area (Å²) in [5, 5.41) is 20.0. The van der Waals surface area contributed by atoms with Gasteiger partial charge in [0.2, 0.25) is 6.29 Å². The van der Waals surface area contributed by atoms with Gasteiger partial charge in [-0.3, -0.25) is 0 Å². The first kappa shape index (κ1) is 26.1. The summed E-state index contributed by atoms with van der Waals surface area (Å²) in [5.74, 6) is 3.09. The molecule has 5 rings (SSSR count). The molecule has 0 saturated carbocycles. The highest BCUT2D eigenvalue weighted by Gasteiger charge is 2.49. The van der Waals surface area contributed by atoms with Crippen LogP contribution in [0.25, 0.3) is 0 Å². The van der Waals surface area contributed by atoms with E-state index in [1.165, 1.54) is 0 Å². The van der Waals surface area contributed by atoms with E-state index in [2.05, 4.69) is 4.74 Å². The molecule has 0 amide bonds. The van der Waals surface area contributed by atoms with Crippen molar-refractivity contribution in [3.8, 4) is 23.0 Å². The van der Waals surface area contributed by atoms with Gasteiger partial charge in [0.1, 0.15) is 11.9 Å². The predicted molar refractivity (Wildman–Crippen MR) is 134 cm³/mol. The van der Waals surface area contributed by atoms with E-state index >= 15 is 0 Å². The van der Waals surface area contributed by atoms with E-state index in [0.717, 1.165) is 16.9 Å². The minimum absolute atomic E-state index is 0.0485. The third kappa shape index (κ3) is 4.98. The Morgan fingerprint density at radius 1 is 0.973 bits per heavy atom. The molecule has 3 saturated heterocycles. The SMILES string of the molecule is COc1ccc([C@@H]2OC[C@@H]3C(c4ccc(OC5O[C@H](CO)C(C)C[C@H]5O)cc4[OH+]C)OCC32)cc1OC. The van der Waals surface area contributed by atoms with Crippen molar-refractivity contribution in [1.82, 2.24) is 0 Å². The van der Waals surface area contributed by atoms with Crippen molar-refractivity contribution in [3.05, 3.63) is 47.5 Å². The van der Waals surface area contributed by atoms with Gasteiger partial charge in [0.15, 0.2) is 18.6 Å². The first-order chi connectivity index (χ1) is 18.0. The van der Waals surface area contributed by atoms with Gasteiger partial charge in [0.05, 0.1) is 64.0 Å². The number of ether oxygens (including phenoxy) is 7. The molecule has 0 spiro atoms. The maximum Gasteiger partial charge on any atom is 0.264 e. The number of fused-ring (bicyclic) bond motifs is 1. The highest BCUT2D eigenvalue weighted by Crippen LogP contribution is 2.52. The predicted octanol–water partition coefficient (Wildman–Crippen LogP) is 3.13. The van der Waals surface area contributed by atoms with Gasteiger partial charge in [-0.1, -0.05) is 13.0 Å². The second kappa shape index (κ2) is 11.0. The number of aromatic hydroxyl groups is 1. The lowest BCUT2D eigenvalue weighted by Crippen LogP contribution is -2.47. The number of hydrogen-bond donors (Lipinski definition) is 2. The van der Waals surface area contributed by atoms with E-state index in [0.29, 0.717) is 36.9 Å². The van der Waals surface area contributed by atoms with E-state index in [1.54, 1.807) is 21.3 Å². The van der Waals surface area contributed by atoms with Gasteiger partial charge in [0.25, 0.3) is 5.75 Å². The fourth-order valence-electron chi connectivity index (χ4n) is 5.78. The van der Waals surface area contributed by atoms with Gasteiger partial charge < -0.3 is 43.4 Å². The summed E-state index contributed by atoms with van der Waals surface area (Å²) >= 11 is 0. The average Bonchev–Trinajstić information content (AvgIpc) is 3.52. The molecule has 3 heterocycles. The molecule has 0 radical (unpaired) electrons. The zero-order valence-electron chi connectivity index (χ0n) is 21.7. The van der Waals surface area contributed by atoms with Gasteiger partial charge >= 0.3 is 0 Å². The summed E-state index contributed by atoms with van der Waals surface area (Å²) in [7, 11) is 4.99. The molecule has 3 aliphatic heterocycles. The largest absolute Gasteiger partial charge is 0.584 e. The number of benzene rings is 2. The van der Waals surface area contributed by atoms with Crippen LogP contribution in [0, 0.1) is 17.8 Å². The van der Waals surface area contributed by atoms with Crippen LogP contribution >= 0.6 is 0 Å². The van der Waals surface area contributed by atoms with Gasteiger partial charge in [-0.2, -0.15) is 0 Å². The number of hydrogen-bond acceptors (Lipinski definition) is 8. The standard InChI is InChI=1S/C28H36O9/c1-15-9-21(30)28(37-25(15)12-29)36-17-6-7-18(23(11-17)32-3)27-20-14-34-26(19(20)13-35-27)16-5-8-22(31-2)24(10-16)33-4/h5-8,10-11,15,19-21,25-30H,9,12-14H2,1-4H3/p+1/t15?,19?,20-,21+,25+,26-,27?,28?/m0/s1.